The monoisotopic (exact) mass is 473 g/mol. The molecule has 0 aliphatic carbocycles. The zero-order valence-corrected chi connectivity index (χ0v) is 19.3. The number of benzene rings is 3. The van der Waals surface area contributed by atoms with Gasteiger partial charge in [-0.05, 0) is 65.0 Å². The zero-order valence-electron chi connectivity index (χ0n) is 17.7. The van der Waals surface area contributed by atoms with Gasteiger partial charge in [-0.25, -0.2) is 0 Å². The molecule has 0 bridgehead atoms. The Kier molecular flexibility index (Phi) is 7.06. The molecule has 1 saturated heterocycles. The van der Waals surface area contributed by atoms with Gasteiger partial charge in [0.05, 0.1) is 6.07 Å². The first-order valence-corrected chi connectivity index (χ1v) is 11.7. The van der Waals surface area contributed by atoms with Gasteiger partial charge in [0.2, 0.25) is 0 Å². The second kappa shape index (κ2) is 10.1. The maximum Gasteiger partial charge on any atom is 0.127 e. The van der Waals surface area contributed by atoms with E-state index in [1.54, 1.807) is 0 Å². The van der Waals surface area contributed by atoms with Crippen LogP contribution in [0.25, 0.3) is 0 Å². The Morgan fingerprint density at radius 2 is 1.42 bits per heavy atom. The smallest absolute Gasteiger partial charge is 0.127 e. The minimum atomic E-state index is -0.501. The topological polar surface area (TPSA) is 39.1 Å². The Labute approximate surface area is 193 Å². The van der Waals surface area contributed by atoms with Gasteiger partial charge in [-0.1, -0.05) is 72.8 Å². The number of nitrogens with zero attached hydrogens (tertiary/aromatic N) is 2. The summed E-state index contributed by atoms with van der Waals surface area (Å²) in [5, 5.41) is 13.5. The molecule has 1 aliphatic heterocycles. The van der Waals surface area contributed by atoms with Gasteiger partial charge < -0.3 is 10.2 Å². The van der Waals surface area contributed by atoms with Crippen LogP contribution in [0.1, 0.15) is 36.3 Å². The van der Waals surface area contributed by atoms with Crippen LogP contribution >= 0.6 is 15.9 Å². The molecule has 0 radical (unpaired) electrons. The van der Waals surface area contributed by atoms with Gasteiger partial charge in [0.1, 0.15) is 5.54 Å². The molecule has 0 amide bonds. The molecular formula is C27H28BrN3. The van der Waals surface area contributed by atoms with Gasteiger partial charge in [-0.2, -0.15) is 5.26 Å². The van der Waals surface area contributed by atoms with Crippen molar-refractivity contribution >= 4 is 21.6 Å². The molecule has 4 heteroatoms. The summed E-state index contributed by atoms with van der Waals surface area (Å²) in [5.74, 6) is 0.392. The Balaban J connectivity index is 1.39. The first-order valence-electron chi connectivity index (χ1n) is 11.0. The SMILES string of the molecule is N#CC1(Nc2ccccc2Br)CCN(CCC(c2ccccc2)c2ccccc2)CC1. The number of likely N-dealkylation sites (tertiary alicyclic amines) is 1. The predicted molar refractivity (Wildman–Crippen MR) is 131 cm³/mol. The fourth-order valence-corrected chi connectivity index (χ4v) is 4.84. The van der Waals surface area contributed by atoms with E-state index in [1.165, 1.54) is 11.1 Å². The number of para-hydroxylation sites is 1. The number of rotatable bonds is 7. The highest BCUT2D eigenvalue weighted by Gasteiger charge is 2.35. The van der Waals surface area contributed by atoms with E-state index in [2.05, 4.69) is 92.9 Å². The van der Waals surface area contributed by atoms with Gasteiger partial charge in [-0.15, -0.1) is 0 Å². The third-order valence-corrected chi connectivity index (χ3v) is 7.00. The van der Waals surface area contributed by atoms with Crippen LogP contribution in [0.2, 0.25) is 0 Å². The molecule has 3 aromatic carbocycles. The maximum atomic E-state index is 9.95. The molecular weight excluding hydrogens is 446 g/mol. The highest BCUT2D eigenvalue weighted by molar-refractivity contribution is 9.10. The standard InChI is InChI=1S/C27H28BrN3/c28-25-13-7-8-14-26(25)30-27(21-29)16-19-31(20-17-27)18-15-24(22-9-3-1-4-10-22)23-11-5-2-6-12-23/h1-14,24,30H,15-20H2. The molecule has 1 aliphatic rings. The fraction of sp³-hybridized carbons (Fsp3) is 0.296. The summed E-state index contributed by atoms with van der Waals surface area (Å²) in [6.07, 6.45) is 2.73. The maximum absolute atomic E-state index is 9.95. The lowest BCUT2D eigenvalue weighted by Crippen LogP contribution is -2.48. The molecule has 1 heterocycles. The van der Waals surface area contributed by atoms with Crippen LogP contribution in [0.15, 0.2) is 89.4 Å². The van der Waals surface area contributed by atoms with Crippen molar-refractivity contribution in [1.29, 1.82) is 5.26 Å². The average molecular weight is 474 g/mol. The van der Waals surface area contributed by atoms with Gasteiger partial charge in [0.25, 0.3) is 0 Å². The minimum Gasteiger partial charge on any atom is -0.366 e. The molecule has 4 rings (SSSR count). The van der Waals surface area contributed by atoms with E-state index in [-0.39, 0.29) is 0 Å². The average Bonchev–Trinajstić information content (AvgIpc) is 2.83. The van der Waals surface area contributed by atoms with Crippen molar-refractivity contribution in [3.63, 3.8) is 0 Å². The molecule has 0 saturated carbocycles. The van der Waals surface area contributed by atoms with E-state index in [1.807, 2.05) is 24.3 Å². The Hall–Kier alpha value is -2.61. The molecule has 1 fully saturated rings. The van der Waals surface area contributed by atoms with Crippen LogP contribution < -0.4 is 5.32 Å². The third-order valence-electron chi connectivity index (χ3n) is 6.31. The zero-order chi connectivity index (χ0) is 21.5. The van der Waals surface area contributed by atoms with Crippen molar-refractivity contribution < 1.29 is 0 Å². The summed E-state index contributed by atoms with van der Waals surface area (Å²) in [6.45, 7) is 2.90. The van der Waals surface area contributed by atoms with Crippen LogP contribution in [-0.4, -0.2) is 30.1 Å². The van der Waals surface area contributed by atoms with Crippen molar-refractivity contribution in [2.45, 2.75) is 30.7 Å². The quantitative estimate of drug-likeness (QED) is 0.428. The Bertz CT molecular complexity index is 966. The Morgan fingerprint density at radius 1 is 0.871 bits per heavy atom. The number of halogens is 1. The summed E-state index contributed by atoms with van der Waals surface area (Å²) >= 11 is 3.59. The molecule has 0 spiro atoms. The van der Waals surface area contributed by atoms with Gasteiger partial charge in [-0.3, -0.25) is 0 Å². The second-order valence-corrected chi connectivity index (χ2v) is 9.16. The number of anilines is 1. The number of hydrogen-bond donors (Lipinski definition) is 1. The summed E-state index contributed by atoms with van der Waals surface area (Å²) < 4.78 is 1.00. The second-order valence-electron chi connectivity index (χ2n) is 8.30. The minimum absolute atomic E-state index is 0.392. The molecule has 0 unspecified atom stereocenters. The van der Waals surface area contributed by atoms with Crippen molar-refractivity contribution in [1.82, 2.24) is 4.90 Å². The highest BCUT2D eigenvalue weighted by Crippen LogP contribution is 2.32. The molecule has 0 atom stereocenters. The van der Waals surface area contributed by atoms with Crippen LogP contribution in [0, 0.1) is 11.3 Å². The number of nitrogens with one attached hydrogen (secondary N) is 1. The lowest BCUT2D eigenvalue weighted by Gasteiger charge is -2.39. The van der Waals surface area contributed by atoms with Gasteiger partial charge in [0.15, 0.2) is 0 Å². The van der Waals surface area contributed by atoms with Crippen molar-refractivity contribution in [3.05, 3.63) is 101 Å². The van der Waals surface area contributed by atoms with Gasteiger partial charge >= 0.3 is 0 Å². The highest BCUT2D eigenvalue weighted by atomic mass is 79.9. The lowest BCUT2D eigenvalue weighted by molar-refractivity contribution is 0.193. The molecule has 3 nitrogen and oxygen atoms in total. The van der Waals surface area contributed by atoms with Crippen LogP contribution in [-0.2, 0) is 0 Å². The third kappa shape index (κ3) is 5.36. The van der Waals surface area contributed by atoms with E-state index >= 15 is 0 Å². The largest absolute Gasteiger partial charge is 0.366 e. The number of nitriles is 1. The number of piperidine rings is 1. The molecule has 158 valence electrons. The first-order chi connectivity index (χ1) is 15.2. The van der Waals surface area contributed by atoms with E-state index < -0.39 is 5.54 Å². The summed E-state index contributed by atoms with van der Waals surface area (Å²) in [5.41, 5.74) is 3.23. The molecule has 31 heavy (non-hydrogen) atoms. The summed E-state index contributed by atoms with van der Waals surface area (Å²) in [7, 11) is 0. The van der Waals surface area contributed by atoms with E-state index in [4.69, 9.17) is 0 Å². The summed E-state index contributed by atoms with van der Waals surface area (Å²) in [4.78, 5) is 2.51. The van der Waals surface area contributed by atoms with Gasteiger partial charge in [0, 0.05) is 29.2 Å². The van der Waals surface area contributed by atoms with Crippen molar-refractivity contribution in [3.8, 4) is 6.07 Å². The predicted octanol–water partition coefficient (Wildman–Crippen LogP) is 6.44. The Morgan fingerprint density at radius 3 is 1.97 bits per heavy atom. The van der Waals surface area contributed by atoms with E-state index in [0.29, 0.717) is 5.92 Å². The van der Waals surface area contributed by atoms with Crippen LogP contribution in [0.4, 0.5) is 5.69 Å². The van der Waals surface area contributed by atoms with E-state index in [9.17, 15) is 5.26 Å². The lowest BCUT2D eigenvalue weighted by atomic mass is 9.86. The molecule has 3 aromatic rings. The number of hydrogen-bond acceptors (Lipinski definition) is 3. The van der Waals surface area contributed by atoms with Crippen LogP contribution in [0.3, 0.4) is 0 Å². The molecule has 1 N–H and O–H groups in total. The van der Waals surface area contributed by atoms with Crippen molar-refractivity contribution in [2.24, 2.45) is 0 Å². The fourth-order valence-electron chi connectivity index (χ4n) is 4.45. The van der Waals surface area contributed by atoms with Crippen LogP contribution in [0.5, 0.6) is 0 Å². The van der Waals surface area contributed by atoms with Crippen molar-refractivity contribution in [2.75, 3.05) is 25.0 Å². The molecule has 0 aromatic heterocycles. The summed E-state index contributed by atoms with van der Waals surface area (Å²) in [6, 6.07) is 32.2. The first kappa shape index (κ1) is 21.6. The van der Waals surface area contributed by atoms with E-state index in [0.717, 1.165) is 49.1 Å². The normalized spacial score (nSPS) is 16.0.